The summed E-state index contributed by atoms with van der Waals surface area (Å²) in [5, 5.41) is 2.41. The Morgan fingerprint density at radius 2 is 1.73 bits per heavy atom. The summed E-state index contributed by atoms with van der Waals surface area (Å²) >= 11 is 5.98. The van der Waals surface area contributed by atoms with Crippen molar-refractivity contribution in [1.29, 1.82) is 0 Å². The summed E-state index contributed by atoms with van der Waals surface area (Å²) in [5.41, 5.74) is -1.79. The van der Waals surface area contributed by atoms with Gasteiger partial charge >= 0.3 is 11.9 Å². The van der Waals surface area contributed by atoms with Crippen LogP contribution in [0.15, 0.2) is 70.3 Å². The zero-order chi connectivity index (χ0) is 26.3. The number of para-hydroxylation sites is 1. The van der Waals surface area contributed by atoms with Gasteiger partial charge in [0.05, 0.1) is 33.7 Å². The van der Waals surface area contributed by atoms with Crippen LogP contribution in [0.4, 0.5) is 18.9 Å². The molecular formula is C25H17ClF3N3O5. The van der Waals surface area contributed by atoms with Crippen LogP contribution in [0.2, 0.25) is 5.02 Å². The molecule has 4 aromatic rings. The van der Waals surface area contributed by atoms with Crippen molar-refractivity contribution in [2.75, 3.05) is 12.1 Å². The van der Waals surface area contributed by atoms with Gasteiger partial charge in [0, 0.05) is 0 Å². The number of ether oxygens (including phenoxy) is 2. The number of benzene rings is 3. The van der Waals surface area contributed by atoms with Crippen LogP contribution >= 0.6 is 11.6 Å². The SMILES string of the molecule is O=C(Cn1c(=O)n(Cc2ccc3c(c2)OCO3)c(=O)c2ccccc21)Nc1cc(C(F)(F)F)ccc1Cl. The third kappa shape index (κ3) is 4.77. The molecule has 0 bridgehead atoms. The Kier molecular flexibility index (Phi) is 6.16. The average molecular weight is 532 g/mol. The van der Waals surface area contributed by atoms with Gasteiger partial charge in [0.25, 0.3) is 5.56 Å². The standard InChI is InChI=1S/C25H17ClF3N3O5/c26-17-7-6-15(25(27,28)29)10-18(17)30-22(33)12-31-19-4-2-1-3-16(19)23(34)32(24(31)35)11-14-5-8-20-21(9-14)37-13-36-20/h1-10H,11-13H2,(H,30,33). The van der Waals surface area contributed by atoms with Crippen LogP contribution in [-0.4, -0.2) is 21.8 Å². The molecule has 12 heteroatoms. The highest BCUT2D eigenvalue weighted by Crippen LogP contribution is 2.34. The van der Waals surface area contributed by atoms with E-state index in [0.29, 0.717) is 23.1 Å². The van der Waals surface area contributed by atoms with Gasteiger partial charge in [0.2, 0.25) is 12.7 Å². The van der Waals surface area contributed by atoms with E-state index in [1.54, 1.807) is 30.3 Å². The van der Waals surface area contributed by atoms with Crippen LogP contribution in [-0.2, 0) is 24.1 Å². The van der Waals surface area contributed by atoms with Gasteiger partial charge in [0.15, 0.2) is 11.5 Å². The Morgan fingerprint density at radius 3 is 2.51 bits per heavy atom. The maximum Gasteiger partial charge on any atom is 0.416 e. The van der Waals surface area contributed by atoms with E-state index in [4.69, 9.17) is 21.1 Å². The molecule has 1 amide bonds. The van der Waals surface area contributed by atoms with Crippen LogP contribution in [0.3, 0.4) is 0 Å². The van der Waals surface area contributed by atoms with Crippen LogP contribution in [0.1, 0.15) is 11.1 Å². The molecule has 0 spiro atoms. The Morgan fingerprint density at radius 1 is 0.973 bits per heavy atom. The highest BCUT2D eigenvalue weighted by Gasteiger charge is 2.31. The number of nitrogens with one attached hydrogen (secondary N) is 1. The molecule has 5 rings (SSSR count). The van der Waals surface area contributed by atoms with E-state index in [0.717, 1.165) is 21.3 Å². The third-order valence-corrected chi connectivity index (χ3v) is 6.11. The molecule has 1 aliphatic heterocycles. The van der Waals surface area contributed by atoms with Crippen LogP contribution < -0.4 is 26.0 Å². The van der Waals surface area contributed by atoms with Gasteiger partial charge < -0.3 is 14.8 Å². The molecule has 190 valence electrons. The summed E-state index contributed by atoms with van der Waals surface area (Å²) < 4.78 is 52.0. The van der Waals surface area contributed by atoms with Gasteiger partial charge in [-0.3, -0.25) is 18.7 Å². The smallest absolute Gasteiger partial charge is 0.416 e. The number of hydrogen-bond acceptors (Lipinski definition) is 5. The average Bonchev–Trinajstić information content (AvgIpc) is 3.33. The lowest BCUT2D eigenvalue weighted by Crippen LogP contribution is -2.42. The fourth-order valence-corrected chi connectivity index (χ4v) is 4.18. The zero-order valence-corrected chi connectivity index (χ0v) is 19.6. The van der Waals surface area contributed by atoms with Crippen molar-refractivity contribution < 1.29 is 27.4 Å². The summed E-state index contributed by atoms with van der Waals surface area (Å²) in [5.74, 6) is 0.211. The largest absolute Gasteiger partial charge is 0.454 e. The van der Waals surface area contributed by atoms with E-state index in [9.17, 15) is 27.6 Å². The number of halogens is 4. The molecular weight excluding hydrogens is 515 g/mol. The molecule has 0 saturated heterocycles. The normalized spacial score (nSPS) is 12.6. The van der Waals surface area contributed by atoms with Gasteiger partial charge in [-0.1, -0.05) is 29.8 Å². The van der Waals surface area contributed by atoms with Gasteiger partial charge in [-0.25, -0.2) is 4.79 Å². The summed E-state index contributed by atoms with van der Waals surface area (Å²) in [6, 6.07) is 13.8. The van der Waals surface area contributed by atoms with Crippen LogP contribution in [0.5, 0.6) is 11.5 Å². The number of nitrogens with zero attached hydrogens (tertiary/aromatic N) is 2. The summed E-state index contributed by atoms with van der Waals surface area (Å²) in [6.45, 7) is -0.625. The van der Waals surface area contributed by atoms with E-state index in [-0.39, 0.29) is 35.0 Å². The minimum Gasteiger partial charge on any atom is -0.454 e. The topological polar surface area (TPSA) is 91.6 Å². The first-order valence-corrected chi connectivity index (χ1v) is 11.3. The number of hydrogen-bond donors (Lipinski definition) is 1. The maximum absolute atomic E-state index is 13.4. The Hall–Kier alpha value is -4.25. The van der Waals surface area contributed by atoms with E-state index in [1.807, 2.05) is 0 Å². The highest BCUT2D eigenvalue weighted by atomic mass is 35.5. The fraction of sp³-hybridized carbons (Fsp3) is 0.160. The lowest BCUT2D eigenvalue weighted by molar-refractivity contribution is -0.137. The monoisotopic (exact) mass is 531 g/mol. The highest BCUT2D eigenvalue weighted by molar-refractivity contribution is 6.33. The van der Waals surface area contributed by atoms with E-state index in [2.05, 4.69) is 5.32 Å². The number of amides is 1. The Balaban J connectivity index is 1.51. The number of anilines is 1. The van der Waals surface area contributed by atoms with Crippen molar-refractivity contribution in [2.45, 2.75) is 19.3 Å². The molecule has 8 nitrogen and oxygen atoms in total. The first-order valence-electron chi connectivity index (χ1n) is 10.9. The maximum atomic E-state index is 13.4. The molecule has 0 unspecified atom stereocenters. The molecule has 1 N–H and O–H groups in total. The number of rotatable bonds is 5. The lowest BCUT2D eigenvalue weighted by atomic mass is 10.2. The summed E-state index contributed by atoms with van der Waals surface area (Å²) in [6.07, 6.45) is -4.64. The second-order valence-electron chi connectivity index (χ2n) is 8.21. The molecule has 0 saturated carbocycles. The minimum atomic E-state index is -4.64. The van der Waals surface area contributed by atoms with Gasteiger partial charge in [-0.05, 0) is 48.0 Å². The second-order valence-corrected chi connectivity index (χ2v) is 8.61. The van der Waals surface area contributed by atoms with Crippen molar-refractivity contribution >= 4 is 34.1 Å². The molecule has 3 aromatic carbocycles. The molecule has 0 radical (unpaired) electrons. The predicted molar refractivity (Wildman–Crippen MR) is 129 cm³/mol. The Labute approximate surface area is 211 Å². The van der Waals surface area contributed by atoms with E-state index >= 15 is 0 Å². The summed E-state index contributed by atoms with van der Waals surface area (Å²) in [4.78, 5) is 39.4. The lowest BCUT2D eigenvalue weighted by Gasteiger charge is -2.15. The predicted octanol–water partition coefficient (Wildman–Crippen LogP) is 4.25. The minimum absolute atomic E-state index is 0.0620. The van der Waals surface area contributed by atoms with Gasteiger partial charge in [-0.15, -0.1) is 0 Å². The quantitative estimate of drug-likeness (QED) is 0.416. The van der Waals surface area contributed by atoms with Crippen molar-refractivity contribution in [3.8, 4) is 11.5 Å². The van der Waals surface area contributed by atoms with Crippen molar-refractivity contribution in [3.05, 3.63) is 97.7 Å². The zero-order valence-electron chi connectivity index (χ0n) is 18.8. The van der Waals surface area contributed by atoms with Gasteiger partial charge in [0.1, 0.15) is 6.54 Å². The molecule has 2 heterocycles. The molecule has 0 atom stereocenters. The number of carbonyl (C=O) groups is 1. The first-order chi connectivity index (χ1) is 17.6. The Bertz CT molecular complexity index is 1660. The van der Waals surface area contributed by atoms with Crippen LogP contribution in [0.25, 0.3) is 10.9 Å². The number of fused-ring (bicyclic) bond motifs is 2. The van der Waals surface area contributed by atoms with Crippen molar-refractivity contribution in [2.24, 2.45) is 0 Å². The van der Waals surface area contributed by atoms with Gasteiger partial charge in [-0.2, -0.15) is 13.2 Å². The molecule has 0 aliphatic carbocycles. The third-order valence-electron chi connectivity index (χ3n) is 5.78. The van der Waals surface area contributed by atoms with E-state index < -0.39 is 35.4 Å². The van der Waals surface area contributed by atoms with Crippen molar-refractivity contribution in [3.63, 3.8) is 0 Å². The van der Waals surface area contributed by atoms with Crippen molar-refractivity contribution in [1.82, 2.24) is 9.13 Å². The molecule has 1 aromatic heterocycles. The van der Waals surface area contributed by atoms with E-state index in [1.165, 1.54) is 12.1 Å². The number of carbonyl (C=O) groups excluding carboxylic acids is 1. The number of alkyl halides is 3. The molecule has 37 heavy (non-hydrogen) atoms. The summed E-state index contributed by atoms with van der Waals surface area (Å²) in [7, 11) is 0. The first kappa shape index (κ1) is 24.4. The molecule has 1 aliphatic rings. The molecule has 0 fully saturated rings. The second kappa shape index (κ2) is 9.32. The van der Waals surface area contributed by atoms with Crippen LogP contribution in [0, 0.1) is 0 Å². The number of aromatic nitrogens is 2. The fourth-order valence-electron chi connectivity index (χ4n) is 4.02.